The van der Waals surface area contributed by atoms with E-state index in [1.165, 1.54) is 11.3 Å². The Morgan fingerprint density at radius 3 is 3.00 bits per heavy atom. The fraction of sp³-hybridized carbons (Fsp3) is 0.474. The normalized spacial score (nSPS) is 17.2. The quantitative estimate of drug-likeness (QED) is 0.608. The predicted octanol–water partition coefficient (Wildman–Crippen LogP) is 2.59. The van der Waals surface area contributed by atoms with Crippen LogP contribution in [0.2, 0.25) is 0 Å². The number of aromatic nitrogens is 4. The number of fused-ring (bicyclic) bond motifs is 1. The molecular formula is C19H23N5O3S. The number of aryl methyl sites for hydroxylation is 2. The van der Waals surface area contributed by atoms with Crippen LogP contribution in [0.1, 0.15) is 28.0 Å². The minimum atomic E-state index is -0.301. The first-order valence-corrected chi connectivity index (χ1v) is 10.2. The molecule has 0 aliphatic carbocycles. The van der Waals surface area contributed by atoms with Crippen LogP contribution in [-0.4, -0.2) is 58.1 Å². The minimum Gasteiger partial charge on any atom is -0.462 e. The summed E-state index contributed by atoms with van der Waals surface area (Å²) in [4.78, 5) is 25.3. The van der Waals surface area contributed by atoms with Crippen molar-refractivity contribution >= 4 is 33.3 Å². The molecule has 0 aromatic carbocycles. The van der Waals surface area contributed by atoms with E-state index < -0.39 is 0 Å². The van der Waals surface area contributed by atoms with E-state index in [2.05, 4.69) is 15.0 Å². The molecule has 0 bridgehead atoms. The van der Waals surface area contributed by atoms with Crippen LogP contribution in [-0.2, 0) is 16.0 Å². The number of hydrogen-bond donors (Lipinski definition) is 0. The van der Waals surface area contributed by atoms with Gasteiger partial charge in [-0.05, 0) is 32.4 Å². The molecule has 9 heteroatoms. The van der Waals surface area contributed by atoms with Gasteiger partial charge in [-0.15, -0.1) is 11.3 Å². The van der Waals surface area contributed by atoms with E-state index in [4.69, 9.17) is 14.5 Å². The fourth-order valence-electron chi connectivity index (χ4n) is 3.48. The van der Waals surface area contributed by atoms with Crippen molar-refractivity contribution in [2.24, 2.45) is 0 Å². The van der Waals surface area contributed by atoms with Crippen LogP contribution in [0, 0.1) is 13.8 Å². The van der Waals surface area contributed by atoms with Gasteiger partial charge in [-0.2, -0.15) is 5.10 Å². The van der Waals surface area contributed by atoms with Gasteiger partial charge in [0.25, 0.3) is 0 Å². The predicted molar refractivity (Wildman–Crippen MR) is 107 cm³/mol. The van der Waals surface area contributed by atoms with Crippen molar-refractivity contribution in [1.29, 1.82) is 0 Å². The van der Waals surface area contributed by atoms with Crippen LogP contribution < -0.4 is 4.90 Å². The molecule has 3 aromatic heterocycles. The van der Waals surface area contributed by atoms with Gasteiger partial charge in [0.2, 0.25) is 0 Å². The Kier molecular flexibility index (Phi) is 5.27. The molecule has 1 aliphatic heterocycles. The smallest absolute Gasteiger partial charge is 0.348 e. The van der Waals surface area contributed by atoms with Gasteiger partial charge >= 0.3 is 5.97 Å². The van der Waals surface area contributed by atoms with E-state index >= 15 is 0 Å². The number of nitrogens with zero attached hydrogens (tertiary/aromatic N) is 5. The molecule has 1 fully saturated rings. The average molecular weight is 401 g/mol. The maximum atomic E-state index is 12.3. The number of anilines is 1. The second-order valence-electron chi connectivity index (χ2n) is 6.72. The number of hydrogen-bond acceptors (Lipinski definition) is 8. The lowest BCUT2D eigenvalue weighted by Crippen LogP contribution is -2.44. The third-order valence-corrected chi connectivity index (χ3v) is 5.90. The Balaban J connectivity index is 1.68. The first kappa shape index (κ1) is 18.8. The number of carbonyl (C=O) groups is 1. The molecule has 1 atom stereocenters. The van der Waals surface area contributed by atoms with Gasteiger partial charge in [-0.25, -0.2) is 14.8 Å². The van der Waals surface area contributed by atoms with Crippen LogP contribution >= 0.6 is 11.3 Å². The van der Waals surface area contributed by atoms with E-state index in [1.54, 1.807) is 6.20 Å². The van der Waals surface area contributed by atoms with Gasteiger partial charge in [0, 0.05) is 25.5 Å². The highest BCUT2D eigenvalue weighted by molar-refractivity contribution is 7.20. The Morgan fingerprint density at radius 1 is 1.39 bits per heavy atom. The maximum Gasteiger partial charge on any atom is 0.348 e. The zero-order chi connectivity index (χ0) is 19.7. The Hall–Kier alpha value is -2.52. The van der Waals surface area contributed by atoms with Gasteiger partial charge in [0.1, 0.15) is 21.3 Å². The van der Waals surface area contributed by atoms with Crippen LogP contribution in [0.5, 0.6) is 0 Å². The van der Waals surface area contributed by atoms with Gasteiger partial charge in [0.05, 0.1) is 31.2 Å². The van der Waals surface area contributed by atoms with Crippen LogP contribution in [0.25, 0.3) is 10.2 Å². The molecule has 3 aromatic rings. The van der Waals surface area contributed by atoms with Gasteiger partial charge < -0.3 is 14.4 Å². The highest BCUT2D eigenvalue weighted by atomic mass is 32.1. The van der Waals surface area contributed by atoms with Crippen molar-refractivity contribution in [3.8, 4) is 0 Å². The lowest BCUT2D eigenvalue weighted by atomic mass is 10.1. The highest BCUT2D eigenvalue weighted by Gasteiger charge is 2.27. The number of esters is 1. The zero-order valence-corrected chi connectivity index (χ0v) is 17.0. The van der Waals surface area contributed by atoms with Gasteiger partial charge in [-0.1, -0.05) is 0 Å². The standard InChI is InChI=1S/C19H23N5O3S/c1-4-26-19(25)16-12(2)15-17(21-13(3)22-18(15)28-16)23-8-9-27-14(10-23)11-24-7-5-6-20-24/h5-7,14H,4,8-11H2,1-3H3. The van der Waals surface area contributed by atoms with E-state index in [0.29, 0.717) is 37.0 Å². The Labute approximate surface area is 167 Å². The molecule has 0 radical (unpaired) electrons. The van der Waals surface area contributed by atoms with E-state index in [9.17, 15) is 4.79 Å². The topological polar surface area (TPSA) is 82.4 Å². The molecule has 1 aliphatic rings. The van der Waals surface area contributed by atoms with Crippen molar-refractivity contribution in [2.75, 3.05) is 31.2 Å². The second-order valence-corrected chi connectivity index (χ2v) is 7.72. The lowest BCUT2D eigenvalue weighted by molar-refractivity contribution is 0.0272. The first-order valence-electron chi connectivity index (χ1n) is 9.35. The third kappa shape index (κ3) is 3.59. The molecule has 148 valence electrons. The number of rotatable bonds is 5. The highest BCUT2D eigenvalue weighted by Crippen LogP contribution is 2.36. The van der Waals surface area contributed by atoms with Crippen molar-refractivity contribution < 1.29 is 14.3 Å². The molecule has 0 saturated carbocycles. The molecule has 0 spiro atoms. The lowest BCUT2D eigenvalue weighted by Gasteiger charge is -2.34. The van der Waals surface area contributed by atoms with Crippen molar-refractivity contribution in [1.82, 2.24) is 19.7 Å². The largest absolute Gasteiger partial charge is 0.462 e. The summed E-state index contributed by atoms with van der Waals surface area (Å²) in [5, 5.41) is 5.20. The Morgan fingerprint density at radius 2 is 2.25 bits per heavy atom. The number of ether oxygens (including phenoxy) is 2. The summed E-state index contributed by atoms with van der Waals surface area (Å²) in [6, 6.07) is 1.91. The summed E-state index contributed by atoms with van der Waals surface area (Å²) in [6.45, 7) is 8.73. The molecule has 1 unspecified atom stereocenters. The van der Waals surface area contributed by atoms with Gasteiger partial charge in [-0.3, -0.25) is 4.68 Å². The van der Waals surface area contributed by atoms with Crippen molar-refractivity contribution in [2.45, 2.75) is 33.4 Å². The molecule has 1 saturated heterocycles. The SMILES string of the molecule is CCOC(=O)c1sc2nc(C)nc(N3CCOC(Cn4cccn4)C3)c2c1C. The van der Waals surface area contributed by atoms with E-state index in [-0.39, 0.29) is 12.1 Å². The molecule has 4 heterocycles. The second kappa shape index (κ2) is 7.84. The summed E-state index contributed by atoms with van der Waals surface area (Å²) < 4.78 is 13.0. The molecule has 8 nitrogen and oxygen atoms in total. The molecule has 0 amide bonds. The van der Waals surface area contributed by atoms with E-state index in [0.717, 1.165) is 28.1 Å². The van der Waals surface area contributed by atoms with Crippen molar-refractivity contribution in [3.05, 3.63) is 34.7 Å². The molecule has 0 N–H and O–H groups in total. The third-order valence-electron chi connectivity index (χ3n) is 4.73. The molecule has 4 rings (SSSR count). The summed E-state index contributed by atoms with van der Waals surface area (Å²) in [7, 11) is 0. The summed E-state index contributed by atoms with van der Waals surface area (Å²) in [6.07, 6.45) is 3.72. The average Bonchev–Trinajstić information content (AvgIpc) is 3.29. The Bertz CT molecular complexity index is 985. The van der Waals surface area contributed by atoms with Crippen LogP contribution in [0.15, 0.2) is 18.5 Å². The summed E-state index contributed by atoms with van der Waals surface area (Å²) in [5.74, 6) is 1.25. The fourth-order valence-corrected chi connectivity index (χ4v) is 4.60. The minimum absolute atomic E-state index is 0.0161. The number of thiophene rings is 1. The number of morpholine rings is 1. The monoisotopic (exact) mass is 401 g/mol. The maximum absolute atomic E-state index is 12.3. The van der Waals surface area contributed by atoms with Crippen LogP contribution in [0.4, 0.5) is 5.82 Å². The van der Waals surface area contributed by atoms with Gasteiger partial charge in [0.15, 0.2) is 0 Å². The van der Waals surface area contributed by atoms with E-state index in [1.807, 2.05) is 37.7 Å². The zero-order valence-electron chi connectivity index (χ0n) is 16.2. The number of carbonyl (C=O) groups excluding carboxylic acids is 1. The summed E-state index contributed by atoms with van der Waals surface area (Å²) in [5.41, 5.74) is 0.878. The summed E-state index contributed by atoms with van der Waals surface area (Å²) >= 11 is 1.37. The van der Waals surface area contributed by atoms with Crippen molar-refractivity contribution in [3.63, 3.8) is 0 Å². The molecular weight excluding hydrogens is 378 g/mol. The molecule has 28 heavy (non-hydrogen) atoms. The first-order chi connectivity index (χ1) is 13.6. The van der Waals surface area contributed by atoms with Crippen LogP contribution in [0.3, 0.4) is 0 Å².